The lowest BCUT2D eigenvalue weighted by atomic mass is 10.0. The van der Waals surface area contributed by atoms with E-state index in [0.29, 0.717) is 25.6 Å². The Labute approximate surface area is 109 Å². The van der Waals surface area contributed by atoms with Gasteiger partial charge in [-0.2, -0.15) is 0 Å². The van der Waals surface area contributed by atoms with Gasteiger partial charge < -0.3 is 15.8 Å². The van der Waals surface area contributed by atoms with Crippen molar-refractivity contribution >= 4 is 5.91 Å². The average Bonchev–Trinajstić information content (AvgIpc) is 3.08. The summed E-state index contributed by atoms with van der Waals surface area (Å²) in [5.74, 6) is 0.136. The molecule has 2 fully saturated rings. The second kappa shape index (κ2) is 5.55. The van der Waals surface area contributed by atoms with Crippen molar-refractivity contribution in [1.82, 2.24) is 10.2 Å². The number of morpholine rings is 1. The van der Waals surface area contributed by atoms with Gasteiger partial charge in [-0.1, -0.05) is 0 Å². The third-order valence-corrected chi connectivity index (χ3v) is 3.61. The van der Waals surface area contributed by atoms with Crippen LogP contribution in [-0.4, -0.2) is 54.7 Å². The highest BCUT2D eigenvalue weighted by Gasteiger charge is 2.32. The molecule has 2 rings (SSSR count). The van der Waals surface area contributed by atoms with Crippen LogP contribution in [0.2, 0.25) is 0 Å². The maximum Gasteiger partial charge on any atom is 0.221 e. The molecule has 1 saturated heterocycles. The first-order chi connectivity index (χ1) is 8.50. The molecule has 104 valence electrons. The Bertz CT molecular complexity index is 303. The fourth-order valence-electron chi connectivity index (χ4n) is 2.45. The molecule has 3 N–H and O–H groups in total. The van der Waals surface area contributed by atoms with Crippen molar-refractivity contribution in [3.63, 3.8) is 0 Å². The largest absolute Gasteiger partial charge is 0.373 e. The Kier molecular flexibility index (Phi) is 4.25. The van der Waals surface area contributed by atoms with Crippen molar-refractivity contribution in [3.8, 4) is 0 Å². The van der Waals surface area contributed by atoms with Gasteiger partial charge in [0.15, 0.2) is 0 Å². The van der Waals surface area contributed by atoms with Gasteiger partial charge >= 0.3 is 0 Å². The van der Waals surface area contributed by atoms with E-state index in [9.17, 15) is 4.79 Å². The van der Waals surface area contributed by atoms with Gasteiger partial charge in [-0.3, -0.25) is 9.69 Å². The Hall–Kier alpha value is -0.650. The first kappa shape index (κ1) is 13.8. The number of nitrogens with one attached hydrogen (secondary N) is 1. The lowest BCUT2D eigenvalue weighted by Gasteiger charge is -2.41. The van der Waals surface area contributed by atoms with Crippen molar-refractivity contribution < 1.29 is 9.53 Å². The molecular formula is C13H25N3O2. The number of carbonyl (C=O) groups is 1. The topological polar surface area (TPSA) is 67.6 Å². The zero-order valence-electron chi connectivity index (χ0n) is 11.4. The molecule has 5 heteroatoms. The molecule has 0 aromatic carbocycles. The molecule has 1 amide bonds. The summed E-state index contributed by atoms with van der Waals surface area (Å²) < 4.78 is 5.69. The monoisotopic (exact) mass is 255 g/mol. The molecule has 1 aliphatic carbocycles. The standard InChI is InChI=1S/C13H25N3O2/c1-13(2)9-16(5-6-18-13)11(8-14)7-12(17)15-10-3-4-10/h10-11H,3-9,14H2,1-2H3,(H,15,17). The van der Waals surface area contributed by atoms with Crippen LogP contribution in [0.15, 0.2) is 0 Å². The van der Waals surface area contributed by atoms with E-state index in [1.807, 2.05) is 0 Å². The molecule has 5 nitrogen and oxygen atoms in total. The first-order valence-corrected chi connectivity index (χ1v) is 6.87. The maximum atomic E-state index is 11.8. The fraction of sp³-hybridized carbons (Fsp3) is 0.923. The molecule has 0 radical (unpaired) electrons. The van der Waals surface area contributed by atoms with Gasteiger partial charge in [-0.25, -0.2) is 0 Å². The Morgan fingerprint density at radius 1 is 1.56 bits per heavy atom. The molecule has 0 spiro atoms. The van der Waals surface area contributed by atoms with Crippen LogP contribution in [-0.2, 0) is 9.53 Å². The lowest BCUT2D eigenvalue weighted by molar-refractivity contribution is -0.125. The molecule has 0 aromatic rings. The van der Waals surface area contributed by atoms with Crippen LogP contribution in [0.1, 0.15) is 33.1 Å². The molecule has 1 atom stereocenters. The number of ether oxygens (including phenoxy) is 1. The zero-order chi connectivity index (χ0) is 13.2. The summed E-state index contributed by atoms with van der Waals surface area (Å²) in [5.41, 5.74) is 5.68. The summed E-state index contributed by atoms with van der Waals surface area (Å²) in [6.45, 7) is 7.10. The van der Waals surface area contributed by atoms with Crippen LogP contribution >= 0.6 is 0 Å². The Morgan fingerprint density at radius 2 is 2.28 bits per heavy atom. The predicted molar refractivity (Wildman–Crippen MR) is 70.2 cm³/mol. The minimum atomic E-state index is -0.140. The van der Waals surface area contributed by atoms with E-state index < -0.39 is 0 Å². The molecule has 1 unspecified atom stereocenters. The second-order valence-corrected chi connectivity index (χ2v) is 6.01. The van der Waals surface area contributed by atoms with Crippen molar-refractivity contribution in [1.29, 1.82) is 0 Å². The van der Waals surface area contributed by atoms with E-state index in [1.54, 1.807) is 0 Å². The molecular weight excluding hydrogens is 230 g/mol. The van der Waals surface area contributed by atoms with E-state index in [1.165, 1.54) is 0 Å². The number of nitrogens with zero attached hydrogens (tertiary/aromatic N) is 1. The van der Waals surface area contributed by atoms with Gasteiger partial charge in [0, 0.05) is 38.1 Å². The van der Waals surface area contributed by atoms with E-state index in [0.717, 1.165) is 25.9 Å². The SMILES string of the molecule is CC1(C)CN(C(CN)CC(=O)NC2CC2)CCO1. The summed E-state index contributed by atoms with van der Waals surface area (Å²) in [6.07, 6.45) is 2.76. The maximum absolute atomic E-state index is 11.8. The van der Waals surface area contributed by atoms with E-state index >= 15 is 0 Å². The van der Waals surface area contributed by atoms with Crippen LogP contribution in [0.4, 0.5) is 0 Å². The van der Waals surface area contributed by atoms with Crippen molar-refractivity contribution in [3.05, 3.63) is 0 Å². The van der Waals surface area contributed by atoms with E-state index in [2.05, 4.69) is 24.1 Å². The fourth-order valence-corrected chi connectivity index (χ4v) is 2.45. The molecule has 1 heterocycles. The number of hydrogen-bond acceptors (Lipinski definition) is 4. The van der Waals surface area contributed by atoms with Gasteiger partial charge in [0.25, 0.3) is 0 Å². The molecule has 0 bridgehead atoms. The second-order valence-electron chi connectivity index (χ2n) is 6.01. The van der Waals surface area contributed by atoms with E-state index in [-0.39, 0.29) is 17.6 Å². The summed E-state index contributed by atoms with van der Waals surface area (Å²) in [5, 5.41) is 3.03. The van der Waals surface area contributed by atoms with Gasteiger partial charge in [0.05, 0.1) is 12.2 Å². The van der Waals surface area contributed by atoms with Crippen molar-refractivity contribution in [2.24, 2.45) is 5.73 Å². The number of carbonyl (C=O) groups excluding carboxylic acids is 1. The molecule has 0 aromatic heterocycles. The van der Waals surface area contributed by atoms with Gasteiger partial charge in [0.2, 0.25) is 5.91 Å². The predicted octanol–water partition coefficient (Wildman–Crippen LogP) is 0.0932. The molecule has 18 heavy (non-hydrogen) atoms. The van der Waals surface area contributed by atoms with Crippen LogP contribution in [0, 0.1) is 0 Å². The highest BCUT2D eigenvalue weighted by molar-refractivity contribution is 5.77. The summed E-state index contributed by atoms with van der Waals surface area (Å²) >= 11 is 0. The number of amides is 1. The third-order valence-electron chi connectivity index (χ3n) is 3.61. The van der Waals surface area contributed by atoms with Gasteiger partial charge in [-0.15, -0.1) is 0 Å². The molecule has 1 aliphatic heterocycles. The van der Waals surface area contributed by atoms with Crippen LogP contribution in [0.3, 0.4) is 0 Å². The van der Waals surface area contributed by atoms with Crippen LogP contribution in [0.5, 0.6) is 0 Å². The molecule has 2 aliphatic rings. The van der Waals surface area contributed by atoms with Gasteiger partial charge in [-0.05, 0) is 26.7 Å². The van der Waals surface area contributed by atoms with Crippen LogP contribution < -0.4 is 11.1 Å². The Morgan fingerprint density at radius 3 is 2.83 bits per heavy atom. The highest BCUT2D eigenvalue weighted by atomic mass is 16.5. The summed E-state index contributed by atoms with van der Waals surface area (Å²) in [7, 11) is 0. The highest BCUT2D eigenvalue weighted by Crippen LogP contribution is 2.21. The lowest BCUT2D eigenvalue weighted by Crippen LogP contribution is -2.55. The minimum Gasteiger partial charge on any atom is -0.373 e. The smallest absolute Gasteiger partial charge is 0.221 e. The summed E-state index contributed by atoms with van der Waals surface area (Å²) in [4.78, 5) is 14.1. The Balaban J connectivity index is 1.84. The van der Waals surface area contributed by atoms with Crippen molar-refractivity contribution in [2.45, 2.75) is 50.8 Å². The number of rotatable bonds is 5. The van der Waals surface area contributed by atoms with E-state index in [4.69, 9.17) is 10.5 Å². The quantitative estimate of drug-likeness (QED) is 0.731. The summed E-state index contributed by atoms with van der Waals surface area (Å²) in [6, 6.07) is 0.559. The van der Waals surface area contributed by atoms with Crippen LogP contribution in [0.25, 0.3) is 0 Å². The minimum absolute atomic E-state index is 0.131. The number of nitrogens with two attached hydrogens (primary N) is 1. The molecule has 1 saturated carbocycles. The van der Waals surface area contributed by atoms with Gasteiger partial charge in [0.1, 0.15) is 0 Å². The van der Waals surface area contributed by atoms with Crippen molar-refractivity contribution in [2.75, 3.05) is 26.2 Å². The third kappa shape index (κ3) is 3.93. The zero-order valence-corrected chi connectivity index (χ0v) is 11.4. The normalized spacial score (nSPS) is 25.7. The number of hydrogen-bond donors (Lipinski definition) is 2. The average molecular weight is 255 g/mol. The first-order valence-electron chi connectivity index (χ1n) is 6.87.